The summed E-state index contributed by atoms with van der Waals surface area (Å²) in [6.45, 7) is 9.07. The van der Waals surface area contributed by atoms with Crippen molar-refractivity contribution in [1.29, 1.82) is 0 Å². The summed E-state index contributed by atoms with van der Waals surface area (Å²) >= 11 is 0. The van der Waals surface area contributed by atoms with E-state index in [0.29, 0.717) is 25.9 Å². The Morgan fingerprint density at radius 2 is 1.40 bits per heavy atom. The first-order valence-electron chi connectivity index (χ1n) is 15.1. The van der Waals surface area contributed by atoms with Gasteiger partial charge in [0.05, 0.1) is 12.1 Å². The van der Waals surface area contributed by atoms with Gasteiger partial charge in [-0.25, -0.2) is 5.01 Å². The quantitative estimate of drug-likeness (QED) is 0.256. The largest absolute Gasteiger partial charge is 0.390 e. The summed E-state index contributed by atoms with van der Waals surface area (Å²) in [6.07, 6.45) is 1.18. The number of carbonyl (C=O) groups excluding carboxylic acids is 4. The summed E-state index contributed by atoms with van der Waals surface area (Å²) in [6, 6.07) is 13.2. The molecule has 0 aliphatic carbocycles. The summed E-state index contributed by atoms with van der Waals surface area (Å²) in [5.74, 6) is -1.07. The molecule has 0 radical (unpaired) electrons. The maximum Gasteiger partial charge on any atom is 0.253 e. The van der Waals surface area contributed by atoms with Gasteiger partial charge in [0.25, 0.3) is 17.7 Å². The molecule has 0 bridgehead atoms. The SMILES string of the molecule is CCCN(CCC)C(=O)c1cc(C(=O)NC(Cc2ccccc2)C(O)CN(C)NC(=O)CC(C)C)cc(C(=O)N(C)C)c1. The molecule has 2 atom stereocenters. The molecular formula is C33H49N5O5. The summed E-state index contributed by atoms with van der Waals surface area (Å²) in [7, 11) is 4.88. The molecule has 43 heavy (non-hydrogen) atoms. The van der Waals surface area contributed by atoms with Crippen molar-refractivity contribution in [1.82, 2.24) is 25.6 Å². The molecule has 0 aliphatic heterocycles. The van der Waals surface area contributed by atoms with Gasteiger partial charge < -0.3 is 20.2 Å². The van der Waals surface area contributed by atoms with Gasteiger partial charge in [-0.3, -0.25) is 24.6 Å². The number of aliphatic hydroxyl groups excluding tert-OH is 1. The summed E-state index contributed by atoms with van der Waals surface area (Å²) in [5, 5.41) is 15.7. The first-order valence-corrected chi connectivity index (χ1v) is 15.1. The lowest BCUT2D eigenvalue weighted by atomic mass is 9.99. The lowest BCUT2D eigenvalue weighted by Crippen LogP contribution is -2.52. The van der Waals surface area contributed by atoms with Crippen molar-refractivity contribution in [2.75, 3.05) is 40.8 Å². The Labute approximate surface area is 256 Å². The third kappa shape index (κ3) is 11.4. The Morgan fingerprint density at radius 1 is 0.837 bits per heavy atom. The van der Waals surface area contributed by atoms with E-state index in [1.165, 1.54) is 28.1 Å². The zero-order chi connectivity index (χ0) is 32.1. The standard InChI is InChI=1S/C33H49N5O5/c1-8-15-38(16-9-2)33(43)27-20-25(19-26(21-27)32(42)36(5)6)31(41)34-28(18-24-13-11-10-12-14-24)29(39)22-37(7)35-30(40)17-23(3)4/h10-14,19-21,23,28-29,39H,8-9,15-18,22H2,1-7H3,(H,34,41)(H,35,40). The molecule has 10 nitrogen and oxygen atoms in total. The van der Waals surface area contributed by atoms with Crippen molar-refractivity contribution in [3.63, 3.8) is 0 Å². The second kappa shape index (κ2) is 17.4. The van der Waals surface area contributed by atoms with E-state index in [-0.39, 0.29) is 46.9 Å². The topological polar surface area (TPSA) is 122 Å². The number of carbonyl (C=O) groups is 4. The summed E-state index contributed by atoms with van der Waals surface area (Å²) in [4.78, 5) is 55.5. The molecule has 3 N–H and O–H groups in total. The van der Waals surface area contributed by atoms with Gasteiger partial charge in [-0.2, -0.15) is 0 Å². The predicted octanol–water partition coefficient (Wildman–Crippen LogP) is 3.36. The van der Waals surface area contributed by atoms with Gasteiger partial charge >= 0.3 is 0 Å². The number of benzene rings is 2. The summed E-state index contributed by atoms with van der Waals surface area (Å²) < 4.78 is 0. The number of rotatable bonds is 16. The average Bonchev–Trinajstić information content (AvgIpc) is 2.95. The first-order chi connectivity index (χ1) is 20.4. The fourth-order valence-electron chi connectivity index (χ4n) is 4.79. The highest BCUT2D eigenvalue weighted by Crippen LogP contribution is 2.17. The Kier molecular flexibility index (Phi) is 14.3. The van der Waals surface area contributed by atoms with E-state index in [4.69, 9.17) is 0 Å². The zero-order valence-corrected chi connectivity index (χ0v) is 26.7. The molecule has 0 spiro atoms. The van der Waals surface area contributed by atoms with Crippen molar-refractivity contribution < 1.29 is 24.3 Å². The Morgan fingerprint density at radius 3 is 1.93 bits per heavy atom. The van der Waals surface area contributed by atoms with Crippen LogP contribution in [0.25, 0.3) is 0 Å². The van der Waals surface area contributed by atoms with Crippen LogP contribution in [0.4, 0.5) is 0 Å². The minimum absolute atomic E-state index is 0.0630. The van der Waals surface area contributed by atoms with Crippen LogP contribution in [-0.4, -0.2) is 96.5 Å². The highest BCUT2D eigenvalue weighted by Gasteiger charge is 2.26. The van der Waals surface area contributed by atoms with E-state index >= 15 is 0 Å². The Hall–Kier alpha value is -3.76. The highest BCUT2D eigenvalue weighted by molar-refractivity contribution is 6.04. The van der Waals surface area contributed by atoms with Gasteiger partial charge in [-0.1, -0.05) is 58.0 Å². The van der Waals surface area contributed by atoms with Crippen LogP contribution in [0.15, 0.2) is 48.5 Å². The Balaban J connectivity index is 2.40. The average molecular weight is 596 g/mol. The second-order valence-corrected chi connectivity index (χ2v) is 11.6. The first kappa shape index (κ1) is 35.4. The van der Waals surface area contributed by atoms with Crippen LogP contribution in [0, 0.1) is 5.92 Å². The van der Waals surface area contributed by atoms with Gasteiger partial charge in [0.2, 0.25) is 5.91 Å². The molecule has 2 unspecified atom stereocenters. The summed E-state index contributed by atoms with van der Waals surface area (Å²) in [5.41, 5.74) is 4.30. The third-order valence-corrected chi connectivity index (χ3v) is 6.82. The van der Waals surface area contributed by atoms with E-state index < -0.39 is 18.1 Å². The van der Waals surface area contributed by atoms with Crippen molar-refractivity contribution in [3.05, 3.63) is 70.8 Å². The number of nitrogens with one attached hydrogen (secondary N) is 2. The van der Waals surface area contributed by atoms with Crippen molar-refractivity contribution in [2.24, 2.45) is 5.92 Å². The molecule has 0 saturated carbocycles. The lowest BCUT2D eigenvalue weighted by molar-refractivity contribution is -0.126. The normalized spacial score (nSPS) is 12.5. The van der Waals surface area contributed by atoms with Gasteiger partial charge in [-0.05, 0) is 48.9 Å². The van der Waals surface area contributed by atoms with Crippen LogP contribution in [0.3, 0.4) is 0 Å². The molecule has 2 aromatic rings. The molecule has 0 aromatic heterocycles. The second-order valence-electron chi connectivity index (χ2n) is 11.6. The molecule has 0 saturated heterocycles. The maximum absolute atomic E-state index is 13.7. The fraction of sp³-hybridized carbons (Fsp3) is 0.515. The smallest absolute Gasteiger partial charge is 0.253 e. The third-order valence-electron chi connectivity index (χ3n) is 6.82. The molecular weight excluding hydrogens is 546 g/mol. The minimum atomic E-state index is -1.05. The molecule has 2 rings (SSSR count). The van der Waals surface area contributed by atoms with Crippen molar-refractivity contribution in [3.8, 4) is 0 Å². The van der Waals surface area contributed by atoms with Crippen LogP contribution in [-0.2, 0) is 11.2 Å². The maximum atomic E-state index is 13.7. The molecule has 4 amide bonds. The number of hydrazine groups is 1. The van der Waals surface area contributed by atoms with Crippen LogP contribution in [0.5, 0.6) is 0 Å². The van der Waals surface area contributed by atoms with Crippen LogP contribution >= 0.6 is 0 Å². The molecule has 0 fully saturated rings. The molecule has 0 heterocycles. The predicted molar refractivity (Wildman–Crippen MR) is 169 cm³/mol. The number of hydrogen-bond donors (Lipinski definition) is 3. The molecule has 2 aromatic carbocycles. The zero-order valence-electron chi connectivity index (χ0n) is 26.7. The van der Waals surface area contributed by atoms with Crippen LogP contribution < -0.4 is 10.7 Å². The van der Waals surface area contributed by atoms with Gasteiger partial charge in [0.1, 0.15) is 0 Å². The van der Waals surface area contributed by atoms with E-state index in [1.54, 1.807) is 26.0 Å². The van der Waals surface area contributed by atoms with E-state index in [9.17, 15) is 24.3 Å². The Bertz CT molecular complexity index is 1210. The van der Waals surface area contributed by atoms with Gasteiger partial charge in [-0.15, -0.1) is 0 Å². The number of amides is 4. The minimum Gasteiger partial charge on any atom is -0.390 e. The highest BCUT2D eigenvalue weighted by atomic mass is 16.3. The number of hydrogen-bond acceptors (Lipinski definition) is 6. The lowest BCUT2D eigenvalue weighted by Gasteiger charge is -2.29. The van der Waals surface area contributed by atoms with Crippen molar-refractivity contribution >= 4 is 23.6 Å². The number of aliphatic hydroxyl groups is 1. The van der Waals surface area contributed by atoms with E-state index in [1.807, 2.05) is 58.0 Å². The van der Waals surface area contributed by atoms with Gasteiger partial charge in [0, 0.05) is 63.9 Å². The molecule has 0 aliphatic rings. The van der Waals surface area contributed by atoms with E-state index in [2.05, 4.69) is 10.7 Å². The van der Waals surface area contributed by atoms with Gasteiger partial charge in [0.15, 0.2) is 0 Å². The van der Waals surface area contributed by atoms with Crippen LogP contribution in [0.1, 0.15) is 83.6 Å². The van der Waals surface area contributed by atoms with Crippen molar-refractivity contribution in [2.45, 2.75) is 65.5 Å². The van der Waals surface area contributed by atoms with Crippen LogP contribution in [0.2, 0.25) is 0 Å². The number of nitrogens with zero attached hydrogens (tertiary/aromatic N) is 3. The monoisotopic (exact) mass is 595 g/mol. The molecule has 10 heteroatoms. The molecule has 236 valence electrons. The number of likely N-dealkylation sites (N-methyl/N-ethyl adjacent to an activating group) is 1. The van der Waals surface area contributed by atoms with E-state index in [0.717, 1.165) is 18.4 Å². The fourth-order valence-corrected chi connectivity index (χ4v) is 4.79.